The molecule has 0 unspecified atom stereocenters. The number of hydrogen-bond donors (Lipinski definition) is 1. The SMILES string of the molecule is O=C(O)c1cncc(Cc2csc(-c3ccccc3)n2)c1. The van der Waals surface area contributed by atoms with Gasteiger partial charge in [-0.3, -0.25) is 4.98 Å². The molecular formula is C16H12N2O2S. The van der Waals surface area contributed by atoms with Crippen LogP contribution in [0.1, 0.15) is 21.6 Å². The summed E-state index contributed by atoms with van der Waals surface area (Å²) in [5, 5.41) is 11.9. The number of carboxylic acids is 1. The molecule has 3 rings (SSSR count). The Bertz CT molecular complexity index is 769. The maximum absolute atomic E-state index is 10.9. The fraction of sp³-hybridized carbons (Fsp3) is 0.0625. The Balaban J connectivity index is 1.82. The van der Waals surface area contributed by atoms with Crippen molar-refractivity contribution in [1.82, 2.24) is 9.97 Å². The van der Waals surface area contributed by atoms with Gasteiger partial charge in [0.15, 0.2) is 0 Å². The molecule has 0 amide bonds. The van der Waals surface area contributed by atoms with Gasteiger partial charge in [0.25, 0.3) is 0 Å². The molecule has 0 saturated heterocycles. The molecule has 0 aliphatic carbocycles. The lowest BCUT2D eigenvalue weighted by atomic mass is 10.1. The third kappa shape index (κ3) is 3.14. The van der Waals surface area contributed by atoms with Gasteiger partial charge in [-0.2, -0.15) is 0 Å². The number of aromatic nitrogens is 2. The van der Waals surface area contributed by atoms with Crippen molar-refractivity contribution in [2.75, 3.05) is 0 Å². The van der Waals surface area contributed by atoms with Crippen LogP contribution in [0.25, 0.3) is 10.6 Å². The van der Waals surface area contributed by atoms with Crippen molar-refractivity contribution >= 4 is 17.3 Å². The zero-order valence-electron chi connectivity index (χ0n) is 11.1. The number of nitrogens with zero attached hydrogens (tertiary/aromatic N) is 2. The summed E-state index contributed by atoms with van der Waals surface area (Å²) in [5.74, 6) is -0.965. The molecule has 0 aliphatic heterocycles. The minimum Gasteiger partial charge on any atom is -0.478 e. The highest BCUT2D eigenvalue weighted by Gasteiger charge is 2.08. The van der Waals surface area contributed by atoms with Gasteiger partial charge in [0.05, 0.1) is 11.3 Å². The number of benzene rings is 1. The fourth-order valence-electron chi connectivity index (χ4n) is 2.01. The number of aromatic carboxylic acids is 1. The highest BCUT2D eigenvalue weighted by atomic mass is 32.1. The molecule has 0 fully saturated rings. The molecule has 0 saturated carbocycles. The van der Waals surface area contributed by atoms with Crippen LogP contribution < -0.4 is 0 Å². The van der Waals surface area contributed by atoms with Crippen LogP contribution in [0.3, 0.4) is 0 Å². The van der Waals surface area contributed by atoms with E-state index in [1.54, 1.807) is 23.6 Å². The van der Waals surface area contributed by atoms with Crippen LogP contribution >= 0.6 is 11.3 Å². The number of carboxylic acid groups (broad SMARTS) is 1. The van der Waals surface area contributed by atoms with Crippen molar-refractivity contribution in [2.45, 2.75) is 6.42 Å². The van der Waals surface area contributed by atoms with Gasteiger partial charge >= 0.3 is 5.97 Å². The first-order chi connectivity index (χ1) is 10.2. The molecule has 5 heteroatoms. The van der Waals surface area contributed by atoms with Crippen LogP contribution in [0.15, 0.2) is 54.2 Å². The number of carbonyl (C=O) groups is 1. The van der Waals surface area contributed by atoms with Gasteiger partial charge in [-0.1, -0.05) is 30.3 Å². The second-order valence-corrected chi connectivity index (χ2v) is 5.43. The highest BCUT2D eigenvalue weighted by Crippen LogP contribution is 2.24. The Labute approximate surface area is 125 Å². The molecule has 2 heterocycles. The average molecular weight is 296 g/mol. The van der Waals surface area contributed by atoms with Crippen LogP contribution in [0.2, 0.25) is 0 Å². The standard InChI is InChI=1S/C16H12N2O2S/c19-16(20)13-6-11(8-17-9-13)7-14-10-21-15(18-14)12-4-2-1-3-5-12/h1-6,8-10H,7H2,(H,19,20). The maximum atomic E-state index is 10.9. The van der Waals surface area contributed by atoms with Crippen molar-refractivity contribution in [1.29, 1.82) is 0 Å². The maximum Gasteiger partial charge on any atom is 0.337 e. The molecule has 1 aromatic carbocycles. The Morgan fingerprint density at radius 2 is 2.00 bits per heavy atom. The first-order valence-electron chi connectivity index (χ1n) is 6.39. The van der Waals surface area contributed by atoms with Crippen molar-refractivity contribution < 1.29 is 9.90 Å². The van der Waals surface area contributed by atoms with E-state index in [4.69, 9.17) is 5.11 Å². The molecule has 0 atom stereocenters. The van der Waals surface area contributed by atoms with E-state index in [0.717, 1.165) is 21.8 Å². The summed E-state index contributed by atoms with van der Waals surface area (Å²) in [7, 11) is 0. The van der Waals surface area contributed by atoms with Crippen molar-refractivity contribution in [3.05, 3.63) is 71.0 Å². The zero-order valence-corrected chi connectivity index (χ0v) is 11.9. The summed E-state index contributed by atoms with van der Waals surface area (Å²) in [6.45, 7) is 0. The molecule has 21 heavy (non-hydrogen) atoms. The van der Waals surface area contributed by atoms with Crippen molar-refractivity contribution in [3.8, 4) is 10.6 Å². The first-order valence-corrected chi connectivity index (χ1v) is 7.27. The number of hydrogen-bond acceptors (Lipinski definition) is 4. The lowest BCUT2D eigenvalue weighted by Crippen LogP contribution is -1.99. The minimum absolute atomic E-state index is 0.200. The van der Waals surface area contributed by atoms with Crippen LogP contribution in [-0.4, -0.2) is 21.0 Å². The molecule has 1 N–H and O–H groups in total. The second-order valence-electron chi connectivity index (χ2n) is 4.57. The van der Waals surface area contributed by atoms with E-state index in [1.807, 2.05) is 35.7 Å². The van der Waals surface area contributed by atoms with Crippen molar-refractivity contribution in [2.24, 2.45) is 0 Å². The molecule has 3 aromatic rings. The molecular weight excluding hydrogens is 284 g/mol. The lowest BCUT2D eigenvalue weighted by Gasteiger charge is -1.99. The highest BCUT2D eigenvalue weighted by molar-refractivity contribution is 7.13. The van der Waals surface area contributed by atoms with E-state index in [1.165, 1.54) is 6.20 Å². The van der Waals surface area contributed by atoms with Gasteiger partial charge in [0.1, 0.15) is 5.01 Å². The average Bonchev–Trinajstić information content (AvgIpc) is 2.97. The first kappa shape index (κ1) is 13.5. The zero-order chi connectivity index (χ0) is 14.7. The molecule has 104 valence electrons. The summed E-state index contributed by atoms with van der Waals surface area (Å²) in [6.07, 6.45) is 3.60. The normalized spacial score (nSPS) is 10.5. The van der Waals surface area contributed by atoms with Gasteiger partial charge in [-0.25, -0.2) is 9.78 Å². The number of pyridine rings is 1. The van der Waals surface area contributed by atoms with E-state index in [0.29, 0.717) is 6.42 Å². The van der Waals surface area contributed by atoms with Gasteiger partial charge < -0.3 is 5.11 Å². The van der Waals surface area contributed by atoms with E-state index in [2.05, 4.69) is 9.97 Å². The summed E-state index contributed by atoms with van der Waals surface area (Å²) >= 11 is 1.58. The Kier molecular flexibility index (Phi) is 3.75. The van der Waals surface area contributed by atoms with Crippen molar-refractivity contribution in [3.63, 3.8) is 0 Å². The van der Waals surface area contributed by atoms with E-state index >= 15 is 0 Å². The summed E-state index contributed by atoms with van der Waals surface area (Å²) in [6, 6.07) is 11.6. The predicted octanol–water partition coefficient (Wildman–Crippen LogP) is 3.49. The van der Waals surface area contributed by atoms with Crippen LogP contribution in [0.5, 0.6) is 0 Å². The summed E-state index contributed by atoms with van der Waals surface area (Å²) < 4.78 is 0. The smallest absolute Gasteiger partial charge is 0.337 e. The summed E-state index contributed by atoms with van der Waals surface area (Å²) in [5.41, 5.74) is 3.06. The van der Waals surface area contributed by atoms with Gasteiger partial charge in [0, 0.05) is 29.8 Å². The van der Waals surface area contributed by atoms with Crippen LogP contribution in [0, 0.1) is 0 Å². The molecule has 0 aliphatic rings. The van der Waals surface area contributed by atoms with E-state index in [9.17, 15) is 4.79 Å². The van der Waals surface area contributed by atoms with Gasteiger partial charge in [-0.15, -0.1) is 11.3 Å². The Hall–Kier alpha value is -2.53. The molecule has 0 spiro atoms. The molecule has 4 nitrogen and oxygen atoms in total. The number of thiazole rings is 1. The molecule has 0 bridgehead atoms. The van der Waals surface area contributed by atoms with Gasteiger partial charge in [-0.05, 0) is 11.6 Å². The molecule has 2 aromatic heterocycles. The predicted molar refractivity (Wildman–Crippen MR) is 81.6 cm³/mol. The Morgan fingerprint density at radius 1 is 1.19 bits per heavy atom. The fourth-order valence-corrected chi connectivity index (χ4v) is 2.84. The quantitative estimate of drug-likeness (QED) is 0.800. The number of rotatable bonds is 4. The topological polar surface area (TPSA) is 63.1 Å². The monoisotopic (exact) mass is 296 g/mol. The lowest BCUT2D eigenvalue weighted by molar-refractivity contribution is 0.0696. The molecule has 0 radical (unpaired) electrons. The second kappa shape index (κ2) is 5.85. The summed E-state index contributed by atoms with van der Waals surface area (Å²) in [4.78, 5) is 19.5. The van der Waals surface area contributed by atoms with E-state index < -0.39 is 5.97 Å². The van der Waals surface area contributed by atoms with E-state index in [-0.39, 0.29) is 5.56 Å². The third-order valence-corrected chi connectivity index (χ3v) is 3.94. The Morgan fingerprint density at radius 3 is 2.76 bits per heavy atom. The minimum atomic E-state index is -0.965. The largest absolute Gasteiger partial charge is 0.478 e. The third-order valence-electron chi connectivity index (χ3n) is 3.00. The van der Waals surface area contributed by atoms with Crippen LogP contribution in [-0.2, 0) is 6.42 Å². The van der Waals surface area contributed by atoms with Crippen LogP contribution in [0.4, 0.5) is 0 Å². The van der Waals surface area contributed by atoms with Gasteiger partial charge in [0.2, 0.25) is 0 Å².